The van der Waals surface area contributed by atoms with Gasteiger partial charge in [-0.1, -0.05) is 35.9 Å². The molecule has 4 N–H and O–H groups in total. The largest absolute Gasteiger partial charge is 0.382 e. The Morgan fingerprint density at radius 2 is 1.97 bits per heavy atom. The zero-order valence-electron chi connectivity index (χ0n) is 17.5. The smallest absolute Gasteiger partial charge is 0.345 e. The van der Waals surface area contributed by atoms with E-state index in [9.17, 15) is 12.8 Å². The maximum absolute atomic E-state index is 13.2. The molecular formula is C20H21ClFN7O2S2. The average Bonchev–Trinajstić information content (AvgIpc) is 3.39. The zero-order valence-corrected chi connectivity index (χ0v) is 19.9. The van der Waals surface area contributed by atoms with Crippen LogP contribution in [0.1, 0.15) is 6.92 Å². The summed E-state index contributed by atoms with van der Waals surface area (Å²) < 4.78 is 41.9. The summed E-state index contributed by atoms with van der Waals surface area (Å²) in [4.78, 5) is 3.69. The molecule has 33 heavy (non-hydrogen) atoms. The van der Waals surface area contributed by atoms with Gasteiger partial charge in [-0.3, -0.25) is 0 Å². The van der Waals surface area contributed by atoms with Gasteiger partial charge in [-0.15, -0.1) is 4.09 Å². The van der Waals surface area contributed by atoms with Crippen molar-refractivity contribution in [2.45, 2.75) is 6.92 Å². The third-order valence-corrected chi connectivity index (χ3v) is 6.88. The van der Waals surface area contributed by atoms with Crippen molar-refractivity contribution in [1.29, 1.82) is 0 Å². The summed E-state index contributed by atoms with van der Waals surface area (Å²) in [5, 5.41) is 14.5. The van der Waals surface area contributed by atoms with Crippen LogP contribution in [0, 0.1) is 5.13 Å². The van der Waals surface area contributed by atoms with Crippen molar-refractivity contribution in [2.24, 2.45) is 0 Å². The van der Waals surface area contributed by atoms with E-state index in [0.717, 1.165) is 34.7 Å². The molecule has 0 aliphatic carbocycles. The van der Waals surface area contributed by atoms with Crippen molar-refractivity contribution in [1.82, 2.24) is 19.5 Å². The van der Waals surface area contributed by atoms with Crippen LogP contribution in [-0.2, 0) is 10.2 Å². The highest BCUT2D eigenvalue weighted by molar-refractivity contribution is 7.91. The van der Waals surface area contributed by atoms with Crippen LogP contribution in [0.3, 0.4) is 0 Å². The number of halogens is 2. The Hall–Kier alpha value is -2.93. The van der Waals surface area contributed by atoms with E-state index < -0.39 is 15.3 Å². The molecule has 2 aromatic heterocycles. The number of nitrogens with zero attached hydrogens (tertiary/aromatic N) is 3. The number of likely N-dealkylation sites (N-methyl/N-ethyl adjacent to an activating group) is 1. The van der Waals surface area contributed by atoms with Gasteiger partial charge in [0.1, 0.15) is 0 Å². The van der Waals surface area contributed by atoms with Crippen molar-refractivity contribution < 1.29 is 12.8 Å². The topological polar surface area (TPSA) is 113 Å². The lowest BCUT2D eigenvalue weighted by atomic mass is 10.2. The standard InChI is InChI=1S/C20H21ClFN7O2S2/c1-2-23-8-9-24-17-10-13(21)6-7-16(17)27-15-4-3-5-18-14(15)11-26-29(18)33(30,31)28-20-25-12-19(22)32-20/h3-7,10-12,23-24,27H,2,8-9H2,1H3,(H,25,28). The summed E-state index contributed by atoms with van der Waals surface area (Å²) in [6.07, 6.45) is 2.40. The predicted octanol–water partition coefficient (Wildman–Crippen LogP) is 4.26. The maximum Gasteiger partial charge on any atom is 0.345 e. The van der Waals surface area contributed by atoms with Crippen LogP contribution in [0.15, 0.2) is 48.8 Å². The molecule has 4 aromatic rings. The lowest BCUT2D eigenvalue weighted by molar-refractivity contribution is 0.588. The first-order valence-corrected chi connectivity index (χ1v) is 12.6. The first-order chi connectivity index (χ1) is 15.9. The number of thiazole rings is 1. The minimum absolute atomic E-state index is 0.0835. The van der Waals surface area contributed by atoms with E-state index in [0.29, 0.717) is 39.5 Å². The van der Waals surface area contributed by atoms with Crippen LogP contribution in [-0.4, -0.2) is 42.2 Å². The Morgan fingerprint density at radius 3 is 2.73 bits per heavy atom. The van der Waals surface area contributed by atoms with Crippen LogP contribution in [0.5, 0.6) is 0 Å². The van der Waals surface area contributed by atoms with Crippen LogP contribution >= 0.6 is 22.9 Å². The fraction of sp³-hybridized carbons (Fsp3) is 0.200. The van der Waals surface area contributed by atoms with Crippen molar-refractivity contribution in [3.05, 3.63) is 58.9 Å². The monoisotopic (exact) mass is 509 g/mol. The summed E-state index contributed by atoms with van der Waals surface area (Å²) in [5.41, 5.74) is 2.59. The maximum atomic E-state index is 13.2. The number of rotatable bonds is 10. The molecule has 2 heterocycles. The predicted molar refractivity (Wildman–Crippen MR) is 132 cm³/mol. The van der Waals surface area contributed by atoms with Gasteiger partial charge in [-0.2, -0.15) is 17.9 Å². The second-order valence-electron chi connectivity index (χ2n) is 6.90. The summed E-state index contributed by atoms with van der Waals surface area (Å²) in [6, 6.07) is 10.6. The van der Waals surface area contributed by atoms with Gasteiger partial charge in [0.15, 0.2) is 5.13 Å². The number of aromatic nitrogens is 3. The summed E-state index contributed by atoms with van der Waals surface area (Å²) in [7, 11) is -4.13. The Balaban J connectivity index is 1.62. The highest BCUT2D eigenvalue weighted by atomic mass is 35.5. The van der Waals surface area contributed by atoms with Crippen LogP contribution in [0.25, 0.3) is 10.9 Å². The first-order valence-electron chi connectivity index (χ1n) is 10.00. The Kier molecular flexibility index (Phi) is 6.98. The normalized spacial score (nSPS) is 11.6. The fourth-order valence-corrected chi connectivity index (χ4v) is 5.16. The lowest BCUT2D eigenvalue weighted by Gasteiger charge is -2.15. The van der Waals surface area contributed by atoms with Crippen molar-refractivity contribution in [3.63, 3.8) is 0 Å². The number of fused-ring (bicyclic) bond motifs is 1. The molecule has 0 bridgehead atoms. The van der Waals surface area contributed by atoms with Gasteiger partial charge in [0.05, 0.1) is 29.3 Å². The number of anilines is 4. The van der Waals surface area contributed by atoms with E-state index in [2.05, 4.69) is 30.8 Å². The zero-order chi connectivity index (χ0) is 23.4. The molecule has 0 amide bonds. The summed E-state index contributed by atoms with van der Waals surface area (Å²) in [6.45, 7) is 4.41. The number of hydrogen-bond donors (Lipinski definition) is 4. The van der Waals surface area contributed by atoms with E-state index in [1.54, 1.807) is 18.2 Å². The molecule has 4 rings (SSSR count). The third-order valence-electron chi connectivity index (χ3n) is 4.62. The minimum atomic E-state index is -4.13. The molecule has 0 aliphatic rings. The molecule has 0 radical (unpaired) electrons. The quantitative estimate of drug-likeness (QED) is 0.236. The Morgan fingerprint density at radius 1 is 1.12 bits per heavy atom. The molecule has 0 unspecified atom stereocenters. The summed E-state index contributed by atoms with van der Waals surface area (Å²) in [5.74, 6) is 0. The Bertz CT molecular complexity index is 1370. The molecule has 13 heteroatoms. The third kappa shape index (κ3) is 5.36. The van der Waals surface area contributed by atoms with Crippen LogP contribution in [0.2, 0.25) is 5.02 Å². The summed E-state index contributed by atoms with van der Waals surface area (Å²) >= 11 is 6.77. The number of hydrogen-bond acceptors (Lipinski definition) is 8. The lowest BCUT2D eigenvalue weighted by Crippen LogP contribution is -2.22. The van der Waals surface area contributed by atoms with Crippen molar-refractivity contribution in [3.8, 4) is 0 Å². The van der Waals surface area contributed by atoms with E-state index in [1.165, 1.54) is 6.20 Å². The van der Waals surface area contributed by atoms with Gasteiger partial charge in [0.25, 0.3) is 0 Å². The van der Waals surface area contributed by atoms with Gasteiger partial charge in [0, 0.05) is 29.2 Å². The second kappa shape index (κ2) is 9.91. The van der Waals surface area contributed by atoms with Gasteiger partial charge < -0.3 is 16.0 Å². The average molecular weight is 510 g/mol. The SMILES string of the molecule is CCNCCNc1cc(Cl)ccc1Nc1cccc2c1cnn2S(=O)(=O)Nc1ncc(F)s1. The molecule has 174 valence electrons. The van der Waals surface area contributed by atoms with Crippen LogP contribution < -0.4 is 20.7 Å². The first kappa shape index (κ1) is 23.2. The molecular weight excluding hydrogens is 489 g/mol. The molecule has 0 saturated carbocycles. The van der Waals surface area contributed by atoms with Crippen molar-refractivity contribution >= 4 is 66.2 Å². The molecule has 0 saturated heterocycles. The molecule has 0 atom stereocenters. The van der Waals surface area contributed by atoms with E-state index in [-0.39, 0.29) is 5.13 Å². The molecule has 0 spiro atoms. The fourth-order valence-electron chi connectivity index (χ4n) is 3.16. The highest BCUT2D eigenvalue weighted by Gasteiger charge is 2.20. The van der Waals surface area contributed by atoms with E-state index >= 15 is 0 Å². The van der Waals surface area contributed by atoms with Gasteiger partial charge in [0.2, 0.25) is 5.13 Å². The Labute approximate surface area is 199 Å². The van der Waals surface area contributed by atoms with Gasteiger partial charge in [-0.25, -0.2) is 9.71 Å². The molecule has 9 nitrogen and oxygen atoms in total. The van der Waals surface area contributed by atoms with Crippen LogP contribution in [0.4, 0.5) is 26.6 Å². The minimum Gasteiger partial charge on any atom is -0.382 e. The van der Waals surface area contributed by atoms with Gasteiger partial charge in [-0.05, 0) is 36.9 Å². The van der Waals surface area contributed by atoms with Crippen molar-refractivity contribution in [2.75, 3.05) is 35.0 Å². The van der Waals surface area contributed by atoms with E-state index in [4.69, 9.17) is 11.6 Å². The second-order valence-corrected chi connectivity index (χ2v) is 9.82. The number of benzene rings is 2. The molecule has 0 aliphatic heterocycles. The molecule has 2 aromatic carbocycles. The molecule has 0 fully saturated rings. The van der Waals surface area contributed by atoms with E-state index in [1.807, 2.05) is 25.1 Å². The highest BCUT2D eigenvalue weighted by Crippen LogP contribution is 2.32. The number of nitrogens with one attached hydrogen (secondary N) is 4. The van der Waals surface area contributed by atoms with Gasteiger partial charge >= 0.3 is 10.2 Å².